The van der Waals surface area contributed by atoms with E-state index >= 15 is 0 Å². The van der Waals surface area contributed by atoms with Crippen molar-refractivity contribution in [3.05, 3.63) is 24.2 Å². The molecule has 3 rings (SSSR count). The SMILES string of the molecule is CN(Cc1ccco1)CC1(CNC2CC2)CCCOC1. The first kappa shape index (κ1) is 14.1. The second-order valence-corrected chi connectivity index (χ2v) is 6.56. The van der Waals surface area contributed by atoms with Crippen molar-refractivity contribution in [2.75, 3.05) is 33.4 Å². The van der Waals surface area contributed by atoms with Crippen LogP contribution in [0.2, 0.25) is 0 Å². The third-order valence-corrected chi connectivity index (χ3v) is 4.36. The Morgan fingerprint density at radius 1 is 1.45 bits per heavy atom. The monoisotopic (exact) mass is 278 g/mol. The van der Waals surface area contributed by atoms with E-state index in [0.717, 1.165) is 44.7 Å². The Morgan fingerprint density at radius 2 is 2.35 bits per heavy atom. The lowest BCUT2D eigenvalue weighted by atomic mass is 9.81. The van der Waals surface area contributed by atoms with E-state index in [1.54, 1.807) is 6.26 Å². The lowest BCUT2D eigenvalue weighted by Gasteiger charge is -2.40. The van der Waals surface area contributed by atoms with Crippen molar-refractivity contribution in [3.63, 3.8) is 0 Å². The average molecular weight is 278 g/mol. The predicted octanol–water partition coefficient (Wildman–Crippen LogP) is 2.26. The molecule has 1 N–H and O–H groups in total. The summed E-state index contributed by atoms with van der Waals surface area (Å²) in [5.41, 5.74) is 0.266. The number of furan rings is 1. The molecule has 2 fully saturated rings. The highest BCUT2D eigenvalue weighted by molar-refractivity contribution is 4.98. The zero-order chi connectivity index (χ0) is 13.8. The molecule has 4 nitrogen and oxygen atoms in total. The van der Waals surface area contributed by atoms with E-state index in [2.05, 4.69) is 17.3 Å². The molecule has 1 aromatic heterocycles. The van der Waals surface area contributed by atoms with E-state index in [4.69, 9.17) is 9.15 Å². The molecule has 1 unspecified atom stereocenters. The summed E-state index contributed by atoms with van der Waals surface area (Å²) in [5.74, 6) is 1.04. The van der Waals surface area contributed by atoms with Crippen LogP contribution in [0.1, 0.15) is 31.4 Å². The molecule has 1 aliphatic heterocycles. The highest BCUT2D eigenvalue weighted by atomic mass is 16.5. The second kappa shape index (κ2) is 6.29. The second-order valence-electron chi connectivity index (χ2n) is 6.56. The van der Waals surface area contributed by atoms with Gasteiger partial charge in [-0.15, -0.1) is 0 Å². The normalized spacial score (nSPS) is 27.1. The van der Waals surface area contributed by atoms with Crippen LogP contribution in [-0.4, -0.2) is 44.3 Å². The molecule has 20 heavy (non-hydrogen) atoms. The molecule has 1 saturated heterocycles. The van der Waals surface area contributed by atoms with Gasteiger partial charge in [-0.05, 0) is 44.9 Å². The first-order valence-corrected chi connectivity index (χ1v) is 7.78. The molecule has 1 saturated carbocycles. The van der Waals surface area contributed by atoms with E-state index in [0.29, 0.717) is 0 Å². The van der Waals surface area contributed by atoms with Crippen molar-refractivity contribution < 1.29 is 9.15 Å². The zero-order valence-corrected chi connectivity index (χ0v) is 12.4. The standard InChI is InChI=1S/C16H26N2O2/c1-18(10-15-4-2-9-20-15)12-16(7-3-8-19-13-16)11-17-14-5-6-14/h2,4,9,14,17H,3,5-8,10-13H2,1H3. The molecule has 0 amide bonds. The summed E-state index contributed by atoms with van der Waals surface area (Å²) in [4.78, 5) is 2.36. The smallest absolute Gasteiger partial charge is 0.117 e. The van der Waals surface area contributed by atoms with Crippen molar-refractivity contribution >= 4 is 0 Å². The van der Waals surface area contributed by atoms with Gasteiger partial charge in [0.25, 0.3) is 0 Å². The third-order valence-electron chi connectivity index (χ3n) is 4.36. The molecule has 112 valence electrons. The maximum atomic E-state index is 5.78. The topological polar surface area (TPSA) is 37.6 Å². The van der Waals surface area contributed by atoms with Gasteiger partial charge in [0.05, 0.1) is 19.4 Å². The fraction of sp³-hybridized carbons (Fsp3) is 0.750. The summed E-state index contributed by atoms with van der Waals surface area (Å²) in [7, 11) is 2.18. The molecular weight excluding hydrogens is 252 g/mol. The minimum atomic E-state index is 0.266. The highest BCUT2D eigenvalue weighted by Crippen LogP contribution is 2.31. The maximum Gasteiger partial charge on any atom is 0.117 e. The van der Waals surface area contributed by atoms with Gasteiger partial charge in [-0.1, -0.05) is 0 Å². The number of hydrogen-bond donors (Lipinski definition) is 1. The molecule has 4 heteroatoms. The van der Waals surface area contributed by atoms with Crippen molar-refractivity contribution in [2.24, 2.45) is 5.41 Å². The largest absolute Gasteiger partial charge is 0.468 e. The number of rotatable bonds is 7. The van der Waals surface area contributed by atoms with Gasteiger partial charge < -0.3 is 14.5 Å². The van der Waals surface area contributed by atoms with Crippen LogP contribution in [0.15, 0.2) is 22.8 Å². The summed E-state index contributed by atoms with van der Waals surface area (Å²) in [5, 5.41) is 3.70. The molecule has 0 radical (unpaired) electrons. The van der Waals surface area contributed by atoms with Gasteiger partial charge in [0.15, 0.2) is 0 Å². The number of nitrogens with zero attached hydrogens (tertiary/aromatic N) is 1. The summed E-state index contributed by atoms with van der Waals surface area (Å²) in [6.45, 7) is 4.83. The number of ether oxygens (including phenoxy) is 1. The van der Waals surface area contributed by atoms with E-state index < -0.39 is 0 Å². The van der Waals surface area contributed by atoms with Gasteiger partial charge in [-0.3, -0.25) is 4.90 Å². The quantitative estimate of drug-likeness (QED) is 0.830. The molecule has 0 aromatic carbocycles. The number of nitrogens with one attached hydrogen (secondary N) is 1. The molecule has 2 heterocycles. The van der Waals surface area contributed by atoms with Crippen LogP contribution < -0.4 is 5.32 Å². The van der Waals surface area contributed by atoms with Crippen LogP contribution in [-0.2, 0) is 11.3 Å². The number of hydrogen-bond acceptors (Lipinski definition) is 4. The van der Waals surface area contributed by atoms with E-state index in [1.165, 1.54) is 25.7 Å². The van der Waals surface area contributed by atoms with Gasteiger partial charge in [0, 0.05) is 31.2 Å². The Hall–Kier alpha value is -0.840. The van der Waals surface area contributed by atoms with E-state index in [9.17, 15) is 0 Å². The highest BCUT2D eigenvalue weighted by Gasteiger charge is 2.35. The molecule has 1 aliphatic carbocycles. The van der Waals surface area contributed by atoms with Crippen LogP contribution in [0.3, 0.4) is 0 Å². The van der Waals surface area contributed by atoms with Crippen LogP contribution >= 0.6 is 0 Å². The molecule has 0 bridgehead atoms. The molecule has 1 atom stereocenters. The maximum absolute atomic E-state index is 5.78. The Balaban J connectivity index is 1.56. The van der Waals surface area contributed by atoms with E-state index in [1.807, 2.05) is 12.1 Å². The van der Waals surface area contributed by atoms with Crippen LogP contribution in [0.4, 0.5) is 0 Å². The predicted molar refractivity (Wildman–Crippen MR) is 78.6 cm³/mol. The van der Waals surface area contributed by atoms with Gasteiger partial charge in [-0.25, -0.2) is 0 Å². The van der Waals surface area contributed by atoms with Crippen LogP contribution in [0.25, 0.3) is 0 Å². The zero-order valence-electron chi connectivity index (χ0n) is 12.4. The molecule has 2 aliphatic rings. The minimum Gasteiger partial charge on any atom is -0.468 e. The van der Waals surface area contributed by atoms with Crippen molar-refractivity contribution in [1.29, 1.82) is 0 Å². The average Bonchev–Trinajstić information content (AvgIpc) is 3.15. The first-order chi connectivity index (χ1) is 9.76. The molecule has 1 aromatic rings. The van der Waals surface area contributed by atoms with Crippen molar-refractivity contribution in [2.45, 2.75) is 38.3 Å². The summed E-state index contributed by atoms with van der Waals surface area (Å²) in [6, 6.07) is 4.77. The van der Waals surface area contributed by atoms with Gasteiger partial charge in [0.2, 0.25) is 0 Å². The fourth-order valence-corrected chi connectivity index (χ4v) is 3.18. The Bertz CT molecular complexity index is 395. The minimum absolute atomic E-state index is 0.266. The van der Waals surface area contributed by atoms with Crippen LogP contribution in [0, 0.1) is 5.41 Å². The van der Waals surface area contributed by atoms with Crippen LogP contribution in [0.5, 0.6) is 0 Å². The molecule has 0 spiro atoms. The van der Waals surface area contributed by atoms with Gasteiger partial charge in [-0.2, -0.15) is 0 Å². The van der Waals surface area contributed by atoms with Crippen molar-refractivity contribution in [3.8, 4) is 0 Å². The molecular formula is C16H26N2O2. The summed E-state index contributed by atoms with van der Waals surface area (Å²) in [6.07, 6.45) is 6.88. The summed E-state index contributed by atoms with van der Waals surface area (Å²) < 4.78 is 11.2. The Kier molecular flexibility index (Phi) is 4.44. The lowest BCUT2D eigenvalue weighted by Crippen LogP contribution is -2.48. The third kappa shape index (κ3) is 3.84. The Labute approximate surface area is 121 Å². The Morgan fingerprint density at radius 3 is 3.00 bits per heavy atom. The lowest BCUT2D eigenvalue weighted by molar-refractivity contribution is -0.0245. The van der Waals surface area contributed by atoms with Crippen molar-refractivity contribution in [1.82, 2.24) is 10.2 Å². The van der Waals surface area contributed by atoms with Gasteiger partial charge >= 0.3 is 0 Å². The van der Waals surface area contributed by atoms with E-state index in [-0.39, 0.29) is 5.41 Å². The fourth-order valence-electron chi connectivity index (χ4n) is 3.18. The first-order valence-electron chi connectivity index (χ1n) is 7.78. The summed E-state index contributed by atoms with van der Waals surface area (Å²) >= 11 is 0. The van der Waals surface area contributed by atoms with Gasteiger partial charge in [0.1, 0.15) is 5.76 Å².